The molecule has 1 N–H and O–H groups in total. The van der Waals surface area contributed by atoms with Crippen molar-refractivity contribution in [3.05, 3.63) is 83.6 Å². The summed E-state index contributed by atoms with van der Waals surface area (Å²) in [5.41, 5.74) is 4.29. The largest absolute Gasteiger partial charge is 0.497 e. The van der Waals surface area contributed by atoms with Crippen LogP contribution in [0.4, 0.5) is 0 Å². The van der Waals surface area contributed by atoms with Crippen molar-refractivity contribution in [2.75, 3.05) is 47.2 Å². The van der Waals surface area contributed by atoms with E-state index in [2.05, 4.69) is 28.1 Å². The molecule has 39 heavy (non-hydrogen) atoms. The van der Waals surface area contributed by atoms with Gasteiger partial charge in [-0.15, -0.1) is 0 Å². The Morgan fingerprint density at radius 3 is 2.56 bits per heavy atom. The number of methoxy groups -OCH3 is 2. The molecule has 0 spiro atoms. The van der Waals surface area contributed by atoms with E-state index < -0.39 is 0 Å². The molecule has 2 aliphatic heterocycles. The number of fused-ring (bicyclic) bond motifs is 2. The highest BCUT2D eigenvalue weighted by molar-refractivity contribution is 5.86. The van der Waals surface area contributed by atoms with Crippen LogP contribution in [-0.2, 0) is 11.3 Å². The lowest BCUT2D eigenvalue weighted by atomic mass is 9.87. The van der Waals surface area contributed by atoms with Crippen molar-refractivity contribution < 1.29 is 23.7 Å². The van der Waals surface area contributed by atoms with E-state index in [1.54, 1.807) is 14.2 Å². The van der Waals surface area contributed by atoms with E-state index in [4.69, 9.17) is 18.9 Å². The number of carbonyl (C=O) groups excluding carboxylic acids is 1. The summed E-state index contributed by atoms with van der Waals surface area (Å²) in [6.07, 6.45) is 2.38. The molecule has 1 fully saturated rings. The number of para-hydroxylation sites is 1. The van der Waals surface area contributed by atoms with E-state index in [1.807, 2.05) is 53.6 Å². The number of carbonyl (C=O) groups is 1. The molecule has 0 bridgehead atoms. The topological polar surface area (TPSA) is 76.3 Å². The van der Waals surface area contributed by atoms with Crippen molar-refractivity contribution in [3.63, 3.8) is 0 Å². The van der Waals surface area contributed by atoms with Gasteiger partial charge in [-0.1, -0.05) is 30.3 Å². The molecule has 1 aromatic heterocycles. The average Bonchev–Trinajstić information content (AvgIpc) is 3.63. The van der Waals surface area contributed by atoms with E-state index in [0.29, 0.717) is 25.3 Å². The summed E-state index contributed by atoms with van der Waals surface area (Å²) >= 11 is 0. The van der Waals surface area contributed by atoms with Crippen LogP contribution >= 0.6 is 0 Å². The van der Waals surface area contributed by atoms with Gasteiger partial charge in [-0.2, -0.15) is 0 Å². The monoisotopic (exact) mass is 527 g/mol. The van der Waals surface area contributed by atoms with Crippen LogP contribution in [0.25, 0.3) is 10.9 Å². The number of ether oxygens (including phenoxy) is 4. The fraction of sp³-hybridized carbons (Fsp3) is 0.323. The fourth-order valence-electron chi connectivity index (χ4n) is 5.63. The maximum Gasteiger partial charge on any atom is 0.231 e. The summed E-state index contributed by atoms with van der Waals surface area (Å²) < 4.78 is 22.1. The predicted octanol–water partition coefficient (Wildman–Crippen LogP) is 4.78. The molecule has 3 aromatic carbocycles. The van der Waals surface area contributed by atoms with Crippen LogP contribution in [0.15, 0.2) is 66.9 Å². The molecule has 0 unspecified atom stereocenters. The van der Waals surface area contributed by atoms with Crippen molar-refractivity contribution in [1.29, 1.82) is 0 Å². The Labute approximate surface area is 228 Å². The molecule has 2 aliphatic rings. The molecule has 6 rings (SSSR count). The Kier molecular flexibility index (Phi) is 7.02. The third-order valence-electron chi connectivity index (χ3n) is 7.76. The Morgan fingerprint density at radius 2 is 1.74 bits per heavy atom. The molecule has 3 heterocycles. The van der Waals surface area contributed by atoms with Crippen LogP contribution in [0.2, 0.25) is 0 Å². The lowest BCUT2D eigenvalue weighted by molar-refractivity contribution is -0.133. The Morgan fingerprint density at radius 1 is 0.923 bits per heavy atom. The number of piperazine rings is 1. The van der Waals surface area contributed by atoms with Gasteiger partial charge in [-0.25, -0.2) is 0 Å². The van der Waals surface area contributed by atoms with Gasteiger partial charge in [-0.3, -0.25) is 9.69 Å². The Hall–Kier alpha value is -4.17. The predicted molar refractivity (Wildman–Crippen MR) is 149 cm³/mol. The number of aromatic nitrogens is 1. The zero-order valence-corrected chi connectivity index (χ0v) is 22.3. The van der Waals surface area contributed by atoms with Gasteiger partial charge in [0.05, 0.1) is 14.2 Å². The molecular weight excluding hydrogens is 494 g/mol. The van der Waals surface area contributed by atoms with Crippen molar-refractivity contribution >= 4 is 16.8 Å². The van der Waals surface area contributed by atoms with Gasteiger partial charge in [-0.05, 0) is 35.4 Å². The second kappa shape index (κ2) is 10.9. The number of benzene rings is 3. The smallest absolute Gasteiger partial charge is 0.231 e. The zero-order chi connectivity index (χ0) is 26.8. The molecule has 0 radical (unpaired) electrons. The summed E-state index contributed by atoms with van der Waals surface area (Å²) in [5.74, 6) is 3.02. The van der Waals surface area contributed by atoms with E-state index >= 15 is 0 Å². The second-order valence-electron chi connectivity index (χ2n) is 10.00. The number of nitrogens with one attached hydrogen (secondary N) is 1. The summed E-state index contributed by atoms with van der Waals surface area (Å²) in [4.78, 5) is 21.5. The van der Waals surface area contributed by atoms with Gasteiger partial charge in [0, 0.05) is 73.8 Å². The Bertz CT molecular complexity index is 1470. The number of aromatic amines is 1. The first-order chi connectivity index (χ1) is 19.1. The second-order valence-corrected chi connectivity index (χ2v) is 10.00. The van der Waals surface area contributed by atoms with Gasteiger partial charge < -0.3 is 28.8 Å². The van der Waals surface area contributed by atoms with Crippen molar-refractivity contribution in [1.82, 2.24) is 14.8 Å². The van der Waals surface area contributed by atoms with Gasteiger partial charge in [0.25, 0.3) is 0 Å². The van der Waals surface area contributed by atoms with E-state index in [-0.39, 0.29) is 18.6 Å². The SMILES string of the molecule is COc1ccc([C@H](CC(=O)N2CCN(Cc3ccc4c(c3)OCO4)CC2)c2c[nH]c3ccccc23)c(OC)c1. The minimum Gasteiger partial charge on any atom is -0.497 e. The lowest BCUT2D eigenvalue weighted by Gasteiger charge is -2.35. The third-order valence-corrected chi connectivity index (χ3v) is 7.76. The van der Waals surface area contributed by atoms with Crippen LogP contribution in [0.5, 0.6) is 23.0 Å². The molecule has 8 nitrogen and oxygen atoms in total. The van der Waals surface area contributed by atoms with Crippen molar-refractivity contribution in [2.24, 2.45) is 0 Å². The summed E-state index contributed by atoms with van der Waals surface area (Å²) in [6, 6.07) is 20.1. The van der Waals surface area contributed by atoms with E-state index in [9.17, 15) is 4.79 Å². The zero-order valence-electron chi connectivity index (χ0n) is 22.3. The number of hydrogen-bond acceptors (Lipinski definition) is 6. The first-order valence-electron chi connectivity index (χ1n) is 13.3. The highest BCUT2D eigenvalue weighted by Crippen LogP contribution is 2.40. The van der Waals surface area contributed by atoms with Gasteiger partial charge in [0.2, 0.25) is 12.7 Å². The highest BCUT2D eigenvalue weighted by atomic mass is 16.7. The van der Waals surface area contributed by atoms with Crippen LogP contribution in [0.3, 0.4) is 0 Å². The van der Waals surface area contributed by atoms with E-state index in [1.165, 1.54) is 5.56 Å². The number of amides is 1. The molecule has 1 amide bonds. The van der Waals surface area contributed by atoms with Crippen LogP contribution in [0.1, 0.15) is 29.0 Å². The standard InChI is InChI=1S/C31H33N3O5/c1-36-22-8-9-24(29(16-22)37-2)25(26-18-32-27-6-4-3-5-23(26)27)17-31(35)34-13-11-33(12-14-34)19-21-7-10-28-30(15-21)39-20-38-28/h3-10,15-16,18,25,32H,11-14,17,19-20H2,1-2H3/t25-/m0/s1. The molecule has 8 heteroatoms. The molecule has 4 aromatic rings. The molecule has 1 saturated heterocycles. The first kappa shape index (κ1) is 25.1. The summed E-state index contributed by atoms with van der Waals surface area (Å²) in [5, 5.41) is 1.11. The molecule has 202 valence electrons. The van der Waals surface area contributed by atoms with Crippen LogP contribution < -0.4 is 18.9 Å². The molecular formula is C31H33N3O5. The lowest BCUT2D eigenvalue weighted by Crippen LogP contribution is -2.48. The maximum absolute atomic E-state index is 13.7. The van der Waals surface area contributed by atoms with Crippen LogP contribution in [0, 0.1) is 0 Å². The maximum atomic E-state index is 13.7. The van der Waals surface area contributed by atoms with Gasteiger partial charge in [0.15, 0.2) is 11.5 Å². The van der Waals surface area contributed by atoms with Crippen molar-refractivity contribution in [3.8, 4) is 23.0 Å². The van der Waals surface area contributed by atoms with Gasteiger partial charge in [0.1, 0.15) is 11.5 Å². The number of rotatable bonds is 8. The van der Waals surface area contributed by atoms with Gasteiger partial charge >= 0.3 is 0 Å². The quantitative estimate of drug-likeness (QED) is 0.356. The number of nitrogens with zero attached hydrogens (tertiary/aromatic N) is 2. The minimum atomic E-state index is -0.166. The molecule has 1 atom stereocenters. The summed E-state index contributed by atoms with van der Waals surface area (Å²) in [7, 11) is 3.30. The Balaban J connectivity index is 1.19. The van der Waals surface area contributed by atoms with Crippen molar-refractivity contribution in [2.45, 2.75) is 18.9 Å². The highest BCUT2D eigenvalue weighted by Gasteiger charge is 2.29. The average molecular weight is 528 g/mol. The molecule has 0 aliphatic carbocycles. The normalized spacial score (nSPS) is 15.9. The third kappa shape index (κ3) is 5.12. The minimum absolute atomic E-state index is 0.144. The number of H-pyrrole nitrogens is 1. The fourth-order valence-corrected chi connectivity index (χ4v) is 5.63. The van der Waals surface area contributed by atoms with Crippen LogP contribution in [-0.4, -0.2) is 67.9 Å². The first-order valence-corrected chi connectivity index (χ1v) is 13.3. The summed E-state index contributed by atoms with van der Waals surface area (Å²) in [6.45, 7) is 4.14. The van der Waals surface area contributed by atoms with E-state index in [0.717, 1.165) is 58.9 Å². The molecule has 0 saturated carbocycles. The number of hydrogen-bond donors (Lipinski definition) is 1.